The fourth-order valence-electron chi connectivity index (χ4n) is 1.90. The molecule has 1 unspecified atom stereocenters. The van der Waals surface area contributed by atoms with Crippen molar-refractivity contribution in [3.8, 4) is 0 Å². The molecule has 0 spiro atoms. The summed E-state index contributed by atoms with van der Waals surface area (Å²) in [6, 6.07) is 2.12. The van der Waals surface area contributed by atoms with Crippen LogP contribution in [0.1, 0.15) is 6.92 Å². The van der Waals surface area contributed by atoms with Crippen LogP contribution in [0.15, 0.2) is 6.07 Å². The molecule has 1 aliphatic rings. The number of rotatable bonds is 1. The molecule has 0 bridgehead atoms. The highest BCUT2D eigenvalue weighted by Crippen LogP contribution is 2.32. The summed E-state index contributed by atoms with van der Waals surface area (Å²) in [5.74, 6) is 0.723. The highest BCUT2D eigenvalue weighted by molar-refractivity contribution is 6.42. The zero-order valence-corrected chi connectivity index (χ0v) is 12.0. The van der Waals surface area contributed by atoms with Crippen LogP contribution < -0.4 is 4.90 Å². The standard InChI is InChI=1S/C11H14Cl3N3/c1-7-6-17(4-3-16(7)2)11-9(13)5-8(12)10(14)15-11/h5,7H,3-4,6H2,1-2H3. The van der Waals surface area contributed by atoms with E-state index >= 15 is 0 Å². The van der Waals surface area contributed by atoms with Gasteiger partial charge in [0.05, 0.1) is 10.0 Å². The summed E-state index contributed by atoms with van der Waals surface area (Å²) in [6.45, 7) is 4.95. The Morgan fingerprint density at radius 3 is 2.59 bits per heavy atom. The Kier molecular flexibility index (Phi) is 4.03. The Bertz CT molecular complexity index is 425. The van der Waals surface area contributed by atoms with Gasteiger partial charge in [0.15, 0.2) is 0 Å². The maximum atomic E-state index is 6.16. The summed E-state index contributed by atoms with van der Waals surface area (Å²) in [6.07, 6.45) is 0. The van der Waals surface area contributed by atoms with Crippen LogP contribution in [0.5, 0.6) is 0 Å². The molecule has 1 fully saturated rings. The molecule has 17 heavy (non-hydrogen) atoms. The van der Waals surface area contributed by atoms with Crippen molar-refractivity contribution < 1.29 is 0 Å². The van der Waals surface area contributed by atoms with Gasteiger partial charge in [0, 0.05) is 25.7 Å². The van der Waals surface area contributed by atoms with Crippen molar-refractivity contribution in [1.29, 1.82) is 0 Å². The molecule has 0 N–H and O–H groups in total. The second-order valence-electron chi connectivity index (χ2n) is 4.34. The lowest BCUT2D eigenvalue weighted by Crippen LogP contribution is -2.50. The number of piperazine rings is 1. The van der Waals surface area contributed by atoms with Gasteiger partial charge in [-0.05, 0) is 20.0 Å². The molecule has 0 radical (unpaired) electrons. The molecule has 1 aromatic heterocycles. The van der Waals surface area contributed by atoms with Gasteiger partial charge in [0.25, 0.3) is 0 Å². The summed E-state index contributed by atoms with van der Waals surface area (Å²) in [5, 5.41) is 1.25. The molecule has 0 aliphatic carbocycles. The first-order chi connectivity index (χ1) is 7.99. The van der Waals surface area contributed by atoms with Gasteiger partial charge < -0.3 is 9.80 Å². The highest BCUT2D eigenvalue weighted by atomic mass is 35.5. The minimum atomic E-state index is 0.303. The normalized spacial score (nSPS) is 21.9. The van der Waals surface area contributed by atoms with Crippen LogP contribution in [0.3, 0.4) is 0 Å². The van der Waals surface area contributed by atoms with Crippen molar-refractivity contribution in [1.82, 2.24) is 9.88 Å². The quantitative estimate of drug-likeness (QED) is 0.742. The van der Waals surface area contributed by atoms with Gasteiger partial charge in [-0.3, -0.25) is 0 Å². The molecule has 1 aromatic rings. The van der Waals surface area contributed by atoms with E-state index in [1.165, 1.54) is 0 Å². The lowest BCUT2D eigenvalue weighted by molar-refractivity contribution is 0.233. The maximum absolute atomic E-state index is 6.16. The summed E-state index contributed by atoms with van der Waals surface area (Å²) >= 11 is 18.0. The van der Waals surface area contributed by atoms with Crippen LogP contribution >= 0.6 is 34.8 Å². The first kappa shape index (κ1) is 13.2. The van der Waals surface area contributed by atoms with Crippen molar-refractivity contribution >= 4 is 40.6 Å². The monoisotopic (exact) mass is 293 g/mol. The summed E-state index contributed by atoms with van der Waals surface area (Å²) in [4.78, 5) is 8.72. The zero-order chi connectivity index (χ0) is 12.6. The van der Waals surface area contributed by atoms with E-state index in [0.29, 0.717) is 21.2 Å². The van der Waals surface area contributed by atoms with Gasteiger partial charge >= 0.3 is 0 Å². The molecule has 94 valence electrons. The van der Waals surface area contributed by atoms with Gasteiger partial charge in [0.1, 0.15) is 11.0 Å². The predicted octanol–water partition coefficient (Wildman–Crippen LogP) is 3.18. The molecule has 1 saturated heterocycles. The van der Waals surface area contributed by atoms with Gasteiger partial charge in [-0.1, -0.05) is 34.8 Å². The van der Waals surface area contributed by atoms with Crippen molar-refractivity contribution in [3.05, 3.63) is 21.3 Å². The second kappa shape index (κ2) is 5.19. The Morgan fingerprint density at radius 2 is 1.94 bits per heavy atom. The van der Waals surface area contributed by atoms with E-state index < -0.39 is 0 Å². The van der Waals surface area contributed by atoms with Gasteiger partial charge in [-0.15, -0.1) is 0 Å². The number of halogens is 3. The average molecular weight is 295 g/mol. The molecule has 3 nitrogen and oxygen atoms in total. The maximum Gasteiger partial charge on any atom is 0.150 e. The smallest absolute Gasteiger partial charge is 0.150 e. The van der Waals surface area contributed by atoms with E-state index in [1.807, 2.05) is 0 Å². The number of aromatic nitrogens is 1. The molecule has 2 rings (SSSR count). The third kappa shape index (κ3) is 2.79. The zero-order valence-electron chi connectivity index (χ0n) is 9.75. The minimum Gasteiger partial charge on any atom is -0.352 e. The van der Waals surface area contributed by atoms with E-state index in [4.69, 9.17) is 34.8 Å². The minimum absolute atomic E-state index is 0.303. The third-order valence-corrected chi connectivity index (χ3v) is 4.08. The Labute approximate surface area is 116 Å². The van der Waals surface area contributed by atoms with Crippen LogP contribution in [0, 0.1) is 0 Å². The first-order valence-corrected chi connectivity index (χ1v) is 6.59. The molecule has 2 heterocycles. The molecular weight excluding hydrogens is 281 g/mol. The SMILES string of the molecule is CC1CN(c2nc(Cl)c(Cl)cc2Cl)CCN1C. The van der Waals surface area contributed by atoms with Crippen LogP contribution in [0.25, 0.3) is 0 Å². The predicted molar refractivity (Wildman–Crippen MR) is 73.6 cm³/mol. The van der Waals surface area contributed by atoms with Gasteiger partial charge in [0.2, 0.25) is 0 Å². The third-order valence-electron chi connectivity index (χ3n) is 3.13. The number of likely N-dealkylation sites (N-methyl/N-ethyl adjacent to an activating group) is 1. The van der Waals surface area contributed by atoms with E-state index in [0.717, 1.165) is 25.5 Å². The van der Waals surface area contributed by atoms with E-state index in [2.05, 4.69) is 28.8 Å². The summed E-state index contributed by atoms with van der Waals surface area (Å²) in [7, 11) is 2.12. The number of nitrogens with zero attached hydrogens (tertiary/aromatic N) is 3. The summed E-state index contributed by atoms with van der Waals surface area (Å²) in [5.41, 5.74) is 0. The lowest BCUT2D eigenvalue weighted by atomic mass is 10.2. The van der Waals surface area contributed by atoms with Crippen molar-refractivity contribution in [2.24, 2.45) is 0 Å². The number of pyridine rings is 1. The van der Waals surface area contributed by atoms with Crippen molar-refractivity contribution in [3.63, 3.8) is 0 Å². The molecule has 0 amide bonds. The van der Waals surface area contributed by atoms with Crippen LogP contribution in [0.2, 0.25) is 15.2 Å². The summed E-state index contributed by atoms with van der Waals surface area (Å²) < 4.78 is 0. The highest BCUT2D eigenvalue weighted by Gasteiger charge is 2.23. The Hall–Kier alpha value is -0.220. The van der Waals surface area contributed by atoms with Gasteiger partial charge in [-0.2, -0.15) is 0 Å². The Morgan fingerprint density at radius 1 is 1.24 bits per heavy atom. The molecule has 0 saturated carbocycles. The van der Waals surface area contributed by atoms with E-state index in [-0.39, 0.29) is 0 Å². The molecular formula is C11H14Cl3N3. The van der Waals surface area contributed by atoms with Crippen LogP contribution in [0.4, 0.5) is 5.82 Å². The van der Waals surface area contributed by atoms with E-state index in [1.54, 1.807) is 6.07 Å². The van der Waals surface area contributed by atoms with Crippen LogP contribution in [-0.2, 0) is 0 Å². The fraction of sp³-hybridized carbons (Fsp3) is 0.545. The fourth-order valence-corrected chi connectivity index (χ4v) is 2.51. The lowest BCUT2D eigenvalue weighted by Gasteiger charge is -2.38. The largest absolute Gasteiger partial charge is 0.352 e. The Balaban J connectivity index is 2.26. The van der Waals surface area contributed by atoms with Crippen molar-refractivity contribution in [2.75, 3.05) is 31.6 Å². The number of anilines is 1. The second-order valence-corrected chi connectivity index (χ2v) is 5.51. The average Bonchev–Trinajstić information content (AvgIpc) is 2.27. The first-order valence-electron chi connectivity index (χ1n) is 5.45. The molecule has 0 aromatic carbocycles. The van der Waals surface area contributed by atoms with Crippen molar-refractivity contribution in [2.45, 2.75) is 13.0 Å². The van der Waals surface area contributed by atoms with Gasteiger partial charge in [-0.25, -0.2) is 4.98 Å². The topological polar surface area (TPSA) is 19.4 Å². The van der Waals surface area contributed by atoms with Crippen LogP contribution in [-0.4, -0.2) is 42.6 Å². The molecule has 1 atom stereocenters. The number of hydrogen-bond donors (Lipinski definition) is 0. The molecule has 6 heteroatoms. The number of hydrogen-bond acceptors (Lipinski definition) is 3. The molecule has 1 aliphatic heterocycles. The van der Waals surface area contributed by atoms with E-state index in [9.17, 15) is 0 Å².